The molecule has 0 saturated heterocycles. The first kappa shape index (κ1) is 14.5. The molecule has 0 N–H and O–H groups in total. The molecule has 0 heterocycles. The van der Waals surface area contributed by atoms with Crippen LogP contribution in [0.1, 0.15) is 31.2 Å². The summed E-state index contributed by atoms with van der Waals surface area (Å²) < 4.78 is 0. The van der Waals surface area contributed by atoms with Crippen molar-refractivity contribution >= 4 is 34.8 Å². The van der Waals surface area contributed by atoms with Gasteiger partial charge in [0.1, 0.15) is 0 Å². The zero-order valence-electron chi connectivity index (χ0n) is 10.3. The fourth-order valence-corrected chi connectivity index (χ4v) is 3.32. The molecular weight excluding hydrogens is 289 g/mol. The Labute approximate surface area is 124 Å². The van der Waals surface area contributed by atoms with Crippen molar-refractivity contribution in [2.24, 2.45) is 0 Å². The van der Waals surface area contributed by atoms with Crippen LogP contribution >= 0.6 is 34.8 Å². The highest BCUT2D eigenvalue weighted by molar-refractivity contribution is 6.35. The Kier molecular flexibility index (Phi) is 5.62. The first-order chi connectivity index (χ1) is 8.70. The van der Waals surface area contributed by atoms with Gasteiger partial charge in [0.25, 0.3) is 0 Å². The van der Waals surface area contributed by atoms with E-state index in [0.29, 0.717) is 16.9 Å². The molecule has 0 aliphatic heterocycles. The van der Waals surface area contributed by atoms with Gasteiger partial charge in [-0.05, 0) is 30.5 Å². The van der Waals surface area contributed by atoms with Crippen LogP contribution in [0.2, 0.25) is 10.0 Å². The molecule has 0 spiro atoms. The number of rotatable bonds is 5. The van der Waals surface area contributed by atoms with E-state index >= 15 is 0 Å². The van der Waals surface area contributed by atoms with Crippen LogP contribution in [0.3, 0.4) is 0 Å². The summed E-state index contributed by atoms with van der Waals surface area (Å²) in [5.74, 6) is 0.668. The van der Waals surface area contributed by atoms with E-state index in [0.717, 1.165) is 23.7 Å². The van der Waals surface area contributed by atoms with Crippen LogP contribution in [-0.4, -0.2) is 23.4 Å². The molecule has 1 nitrogen and oxygen atoms in total. The van der Waals surface area contributed by atoms with Gasteiger partial charge in [0.15, 0.2) is 0 Å². The van der Waals surface area contributed by atoms with E-state index < -0.39 is 0 Å². The Morgan fingerprint density at radius 2 is 1.89 bits per heavy atom. The number of benzene rings is 1. The predicted molar refractivity (Wildman–Crippen MR) is 79.8 cm³/mol. The molecule has 4 heteroatoms. The highest BCUT2D eigenvalue weighted by atomic mass is 35.5. The van der Waals surface area contributed by atoms with Gasteiger partial charge >= 0.3 is 0 Å². The van der Waals surface area contributed by atoms with Crippen molar-refractivity contribution in [1.82, 2.24) is 4.90 Å². The summed E-state index contributed by atoms with van der Waals surface area (Å²) in [5.41, 5.74) is 1.14. The minimum absolute atomic E-state index is 0.662. The summed E-state index contributed by atoms with van der Waals surface area (Å²) in [6.45, 7) is 1.79. The minimum atomic E-state index is 0.662. The molecule has 0 bridgehead atoms. The van der Waals surface area contributed by atoms with E-state index in [1.807, 2.05) is 18.2 Å². The van der Waals surface area contributed by atoms with Gasteiger partial charge in [-0.3, -0.25) is 4.90 Å². The van der Waals surface area contributed by atoms with E-state index in [1.54, 1.807) is 0 Å². The Hall–Kier alpha value is 0.0500. The van der Waals surface area contributed by atoms with Gasteiger partial charge in [-0.15, -0.1) is 11.6 Å². The number of hydrogen-bond acceptors (Lipinski definition) is 1. The van der Waals surface area contributed by atoms with Crippen molar-refractivity contribution in [3.05, 3.63) is 33.8 Å². The molecule has 100 valence electrons. The third kappa shape index (κ3) is 3.77. The second-order valence-electron chi connectivity index (χ2n) is 4.83. The molecule has 2 rings (SSSR count). The maximum Gasteiger partial charge on any atom is 0.0465 e. The van der Waals surface area contributed by atoms with Crippen molar-refractivity contribution < 1.29 is 0 Å². The summed E-state index contributed by atoms with van der Waals surface area (Å²) in [5, 5.41) is 1.44. The summed E-state index contributed by atoms with van der Waals surface area (Å²) in [6, 6.07) is 6.39. The van der Waals surface area contributed by atoms with E-state index in [4.69, 9.17) is 34.8 Å². The van der Waals surface area contributed by atoms with Crippen molar-refractivity contribution in [2.45, 2.75) is 38.3 Å². The molecule has 18 heavy (non-hydrogen) atoms. The largest absolute Gasteiger partial charge is 0.295 e. The molecule has 0 aromatic heterocycles. The number of hydrogen-bond donors (Lipinski definition) is 0. The number of alkyl halides is 1. The summed E-state index contributed by atoms with van der Waals surface area (Å²) in [6.07, 6.45) is 5.22. The maximum atomic E-state index is 6.24. The fourth-order valence-electron chi connectivity index (χ4n) is 2.64. The van der Waals surface area contributed by atoms with Crippen molar-refractivity contribution in [3.63, 3.8) is 0 Å². The lowest BCUT2D eigenvalue weighted by Crippen LogP contribution is -2.34. The first-order valence-electron chi connectivity index (χ1n) is 6.44. The van der Waals surface area contributed by atoms with E-state index in [-0.39, 0.29) is 0 Å². The molecule has 1 aromatic carbocycles. The minimum Gasteiger partial charge on any atom is -0.295 e. The van der Waals surface area contributed by atoms with Crippen LogP contribution < -0.4 is 0 Å². The topological polar surface area (TPSA) is 3.24 Å². The average Bonchev–Trinajstić information content (AvgIpc) is 2.85. The number of halogens is 3. The van der Waals surface area contributed by atoms with Gasteiger partial charge < -0.3 is 0 Å². The highest BCUT2D eigenvalue weighted by Crippen LogP contribution is 2.27. The average molecular weight is 307 g/mol. The van der Waals surface area contributed by atoms with Crippen LogP contribution in [0.15, 0.2) is 18.2 Å². The van der Waals surface area contributed by atoms with Gasteiger partial charge in [-0.1, -0.05) is 42.1 Å². The van der Waals surface area contributed by atoms with Gasteiger partial charge in [0.05, 0.1) is 0 Å². The molecule has 1 fully saturated rings. The lowest BCUT2D eigenvalue weighted by atomic mass is 10.1. The molecule has 0 amide bonds. The third-order valence-electron chi connectivity index (χ3n) is 3.60. The van der Waals surface area contributed by atoms with E-state index in [1.165, 1.54) is 25.7 Å². The molecule has 0 radical (unpaired) electrons. The normalized spacial score (nSPS) is 16.7. The quantitative estimate of drug-likeness (QED) is 0.694. The first-order valence-corrected chi connectivity index (χ1v) is 7.73. The van der Waals surface area contributed by atoms with Crippen molar-refractivity contribution in [1.29, 1.82) is 0 Å². The fraction of sp³-hybridized carbons (Fsp3) is 0.571. The van der Waals surface area contributed by atoms with E-state index in [9.17, 15) is 0 Å². The molecule has 1 aliphatic carbocycles. The van der Waals surface area contributed by atoms with Crippen LogP contribution in [0.4, 0.5) is 0 Å². The maximum absolute atomic E-state index is 6.24. The molecule has 1 saturated carbocycles. The molecular formula is C14H18Cl3N. The zero-order valence-corrected chi connectivity index (χ0v) is 12.6. The van der Waals surface area contributed by atoms with Gasteiger partial charge in [-0.2, -0.15) is 0 Å². The Morgan fingerprint density at radius 3 is 2.50 bits per heavy atom. The lowest BCUT2D eigenvalue weighted by molar-refractivity contribution is 0.201. The van der Waals surface area contributed by atoms with Crippen molar-refractivity contribution in [2.75, 3.05) is 12.4 Å². The Balaban J connectivity index is 2.07. The van der Waals surface area contributed by atoms with E-state index in [2.05, 4.69) is 4.90 Å². The van der Waals surface area contributed by atoms with Crippen LogP contribution in [0, 0.1) is 0 Å². The summed E-state index contributed by atoms with van der Waals surface area (Å²) in [7, 11) is 0. The number of nitrogens with zero attached hydrogens (tertiary/aromatic N) is 1. The second kappa shape index (κ2) is 7.00. The highest BCUT2D eigenvalue weighted by Gasteiger charge is 2.22. The predicted octanol–water partition coefficient (Wildman–Crippen LogP) is 4.98. The van der Waals surface area contributed by atoms with Crippen LogP contribution in [0.5, 0.6) is 0 Å². The molecule has 0 atom stereocenters. The smallest absolute Gasteiger partial charge is 0.0465 e. The standard InChI is InChI=1S/C14H18Cl3N/c15-7-8-18(13-3-1-2-4-13)10-11-5-6-12(16)9-14(11)17/h5-6,9,13H,1-4,7-8,10H2. The zero-order chi connectivity index (χ0) is 13.0. The monoisotopic (exact) mass is 305 g/mol. The van der Waals surface area contributed by atoms with Gasteiger partial charge in [0.2, 0.25) is 0 Å². The molecule has 1 aromatic rings. The SMILES string of the molecule is ClCCN(Cc1ccc(Cl)cc1Cl)C1CCCC1. The van der Waals surface area contributed by atoms with Crippen molar-refractivity contribution in [3.8, 4) is 0 Å². The Morgan fingerprint density at radius 1 is 1.17 bits per heavy atom. The van der Waals surface area contributed by atoms with Gasteiger partial charge in [-0.25, -0.2) is 0 Å². The van der Waals surface area contributed by atoms with Crippen LogP contribution in [-0.2, 0) is 6.54 Å². The second-order valence-corrected chi connectivity index (χ2v) is 6.06. The molecule has 1 aliphatic rings. The van der Waals surface area contributed by atoms with Gasteiger partial charge in [0, 0.05) is 35.1 Å². The molecule has 0 unspecified atom stereocenters. The third-order valence-corrected chi connectivity index (χ3v) is 4.36. The Bertz CT molecular complexity index is 389. The summed E-state index contributed by atoms with van der Waals surface area (Å²) >= 11 is 18.1. The van der Waals surface area contributed by atoms with Crippen LogP contribution in [0.25, 0.3) is 0 Å². The summed E-state index contributed by atoms with van der Waals surface area (Å²) in [4.78, 5) is 2.45. The lowest BCUT2D eigenvalue weighted by Gasteiger charge is -2.28.